The van der Waals surface area contributed by atoms with Gasteiger partial charge in [0.05, 0.1) is 22.1 Å². The Morgan fingerprint density at radius 2 is 0.500 bits per heavy atom. The summed E-state index contributed by atoms with van der Waals surface area (Å²) in [6, 6.07) is 107. The molecule has 0 N–H and O–H groups in total. The first kappa shape index (κ1) is 46.7. The minimum absolute atomic E-state index is 1.12. The maximum Gasteiger partial charge on any atom is 0.0541 e. The Kier molecular flexibility index (Phi) is 11.6. The maximum atomic E-state index is 2.45. The smallest absolute Gasteiger partial charge is 0.0541 e. The van der Waals surface area contributed by atoms with Crippen molar-refractivity contribution in [1.82, 2.24) is 9.13 Å². The summed E-state index contributed by atoms with van der Waals surface area (Å²) >= 11 is 0. The van der Waals surface area contributed by atoms with Gasteiger partial charge in [-0.2, -0.15) is 0 Å². The molecule has 0 saturated carbocycles. The first-order valence-electron chi connectivity index (χ1n) is 27.6. The Hall–Kier alpha value is -10.5. The van der Waals surface area contributed by atoms with Gasteiger partial charge in [-0.1, -0.05) is 243 Å². The van der Waals surface area contributed by atoms with Gasteiger partial charge in [0.25, 0.3) is 0 Å². The lowest BCUT2D eigenvalue weighted by Gasteiger charge is -2.21. The van der Waals surface area contributed by atoms with Crippen LogP contribution in [-0.2, 0) is 0 Å². The summed E-state index contributed by atoms with van der Waals surface area (Å²) in [4.78, 5) is 0. The topological polar surface area (TPSA) is 9.86 Å². The summed E-state index contributed by atoms with van der Waals surface area (Å²) < 4.78 is 4.87. The van der Waals surface area contributed by atoms with E-state index in [0.29, 0.717) is 0 Å². The number of rotatable bonds is 10. The van der Waals surface area contributed by atoms with Crippen molar-refractivity contribution in [1.29, 1.82) is 0 Å². The van der Waals surface area contributed by atoms with Gasteiger partial charge in [0.2, 0.25) is 0 Å². The van der Waals surface area contributed by atoms with Crippen LogP contribution >= 0.6 is 0 Å². The van der Waals surface area contributed by atoms with Crippen LogP contribution in [0.2, 0.25) is 0 Å². The summed E-state index contributed by atoms with van der Waals surface area (Å²) in [7, 11) is 0. The molecule has 0 aliphatic rings. The zero-order valence-corrected chi connectivity index (χ0v) is 43.9. The maximum absolute atomic E-state index is 2.45. The molecular weight excluding hydrogens is 965 g/mol. The van der Waals surface area contributed by atoms with E-state index in [4.69, 9.17) is 0 Å². The molecule has 0 atom stereocenters. The SMILES string of the molecule is C(=C\c1cccc(-c2ccc3c(-c4cccc(-n5c6ccccc6c6ccccc65)c4)c4cc(-c5cccc(/C=C/c6ccccc6)c5)ccc4c(-c4cccc(-n5c6ccccc6c6ccccc65)c4)c3c2)c1)/c1ccccc1. The lowest BCUT2D eigenvalue weighted by molar-refractivity contribution is 1.18. The highest BCUT2D eigenvalue weighted by Crippen LogP contribution is 2.47. The Balaban J connectivity index is 0.997. The predicted octanol–water partition coefficient (Wildman–Crippen LogP) is 21.2. The van der Waals surface area contributed by atoms with Gasteiger partial charge in [-0.25, -0.2) is 0 Å². The van der Waals surface area contributed by atoms with E-state index in [9.17, 15) is 0 Å². The summed E-state index contributed by atoms with van der Waals surface area (Å²) in [5.74, 6) is 0. The molecule has 0 amide bonds. The lowest BCUT2D eigenvalue weighted by Crippen LogP contribution is -1.97. The molecule has 2 nitrogen and oxygen atoms in total. The zero-order valence-electron chi connectivity index (χ0n) is 43.9. The quantitative estimate of drug-likeness (QED) is 0.0954. The van der Waals surface area contributed by atoms with E-state index < -0.39 is 0 Å². The highest BCUT2D eigenvalue weighted by atomic mass is 15.0. The van der Waals surface area contributed by atoms with Crippen LogP contribution < -0.4 is 0 Å². The summed E-state index contributed by atoms with van der Waals surface area (Å²) in [5, 5.41) is 9.74. The average molecular weight is 1020 g/mol. The second-order valence-electron chi connectivity index (χ2n) is 20.8. The number of fused-ring (bicyclic) bond motifs is 8. The highest BCUT2D eigenvalue weighted by molar-refractivity contribution is 6.23. The molecular formula is C78H52N2. The van der Waals surface area contributed by atoms with Crippen LogP contribution in [0, 0.1) is 0 Å². The molecule has 2 aromatic heterocycles. The largest absolute Gasteiger partial charge is 0.309 e. The number of hydrogen-bond acceptors (Lipinski definition) is 0. The van der Waals surface area contributed by atoms with Crippen molar-refractivity contribution in [2.75, 3.05) is 0 Å². The summed E-state index contributed by atoms with van der Waals surface area (Å²) in [5.41, 5.74) is 21.0. The second-order valence-corrected chi connectivity index (χ2v) is 20.8. The second kappa shape index (κ2) is 19.8. The molecule has 15 rings (SSSR count). The summed E-state index contributed by atoms with van der Waals surface area (Å²) in [6.07, 6.45) is 8.82. The molecule has 0 aliphatic heterocycles. The van der Waals surface area contributed by atoms with Crippen molar-refractivity contribution in [2.45, 2.75) is 0 Å². The third kappa shape index (κ3) is 8.30. The Morgan fingerprint density at radius 3 is 0.900 bits per heavy atom. The minimum Gasteiger partial charge on any atom is -0.309 e. The minimum atomic E-state index is 1.12. The molecule has 2 heteroatoms. The van der Waals surface area contributed by atoms with Gasteiger partial charge in [0.1, 0.15) is 0 Å². The molecule has 0 aliphatic carbocycles. The Bertz CT molecular complexity index is 4510. The monoisotopic (exact) mass is 1020 g/mol. The molecule has 0 saturated heterocycles. The molecule has 374 valence electrons. The first-order valence-corrected chi connectivity index (χ1v) is 27.6. The van der Waals surface area contributed by atoms with Crippen LogP contribution in [0.1, 0.15) is 22.3 Å². The third-order valence-corrected chi connectivity index (χ3v) is 16.0. The van der Waals surface area contributed by atoms with Gasteiger partial charge in [-0.15, -0.1) is 0 Å². The van der Waals surface area contributed by atoms with Crippen molar-refractivity contribution < 1.29 is 0 Å². The van der Waals surface area contributed by atoms with Gasteiger partial charge in [0, 0.05) is 32.9 Å². The van der Waals surface area contributed by atoms with Gasteiger partial charge < -0.3 is 9.13 Å². The lowest BCUT2D eigenvalue weighted by atomic mass is 9.83. The van der Waals surface area contributed by atoms with Crippen LogP contribution in [0.25, 0.3) is 145 Å². The van der Waals surface area contributed by atoms with E-state index in [1.54, 1.807) is 0 Å². The fraction of sp³-hybridized carbons (Fsp3) is 0. The zero-order chi connectivity index (χ0) is 52.9. The molecule has 0 bridgehead atoms. The van der Waals surface area contributed by atoms with Crippen molar-refractivity contribution in [3.8, 4) is 55.9 Å². The standard InChI is InChI=1S/C78H52N2/c1-3-19-53(20-4-1)39-41-55-23-15-25-57(47-55)59-43-45-69-71(51-59)77(61-27-17-29-63(49-61)79-73-35-11-7-31-65(73)66-32-8-12-36-74(66)79)70-46-44-60(58-26-16-24-56(48-58)42-40-54-21-5-2-6-22-54)52-72(70)78(69)62-28-18-30-64(50-62)80-75-37-13-9-33-67(75)68-34-10-14-38-76(68)80/h1-52H/b41-39+,42-40+. The number of benzene rings is 13. The molecule has 2 heterocycles. The molecule has 0 unspecified atom stereocenters. The van der Waals surface area contributed by atoms with E-state index in [1.165, 1.54) is 98.5 Å². The third-order valence-electron chi connectivity index (χ3n) is 16.0. The molecule has 13 aromatic carbocycles. The fourth-order valence-electron chi connectivity index (χ4n) is 12.4. The van der Waals surface area contributed by atoms with Crippen LogP contribution in [-0.4, -0.2) is 9.13 Å². The Labute approximate surface area is 465 Å². The van der Waals surface area contributed by atoms with E-state index in [0.717, 1.165) is 44.8 Å². The molecule has 0 spiro atoms. The number of hydrogen-bond donors (Lipinski definition) is 0. The first-order chi connectivity index (χ1) is 39.7. The van der Waals surface area contributed by atoms with Gasteiger partial charge in [-0.3, -0.25) is 0 Å². The normalized spacial score (nSPS) is 11.9. The van der Waals surface area contributed by atoms with Gasteiger partial charge >= 0.3 is 0 Å². The van der Waals surface area contributed by atoms with Crippen LogP contribution in [0.3, 0.4) is 0 Å². The van der Waals surface area contributed by atoms with Gasteiger partial charge in [-0.05, 0) is 161 Å². The van der Waals surface area contributed by atoms with Gasteiger partial charge in [0.15, 0.2) is 0 Å². The van der Waals surface area contributed by atoms with E-state index in [2.05, 4.69) is 325 Å². The number of para-hydroxylation sites is 4. The van der Waals surface area contributed by atoms with Crippen LogP contribution in [0.4, 0.5) is 0 Å². The molecule has 15 aromatic rings. The van der Waals surface area contributed by atoms with Crippen LogP contribution in [0.15, 0.2) is 291 Å². The number of nitrogens with zero attached hydrogens (tertiary/aromatic N) is 2. The molecule has 0 fully saturated rings. The number of aromatic nitrogens is 2. The van der Waals surface area contributed by atoms with E-state index in [-0.39, 0.29) is 0 Å². The predicted molar refractivity (Wildman–Crippen MR) is 343 cm³/mol. The van der Waals surface area contributed by atoms with E-state index >= 15 is 0 Å². The molecule has 80 heavy (non-hydrogen) atoms. The van der Waals surface area contributed by atoms with Crippen LogP contribution in [0.5, 0.6) is 0 Å². The Morgan fingerprint density at radius 1 is 0.188 bits per heavy atom. The molecule has 0 radical (unpaired) electrons. The van der Waals surface area contributed by atoms with Crippen molar-refractivity contribution in [3.63, 3.8) is 0 Å². The van der Waals surface area contributed by atoms with Crippen molar-refractivity contribution in [3.05, 3.63) is 313 Å². The van der Waals surface area contributed by atoms with Crippen molar-refractivity contribution in [2.24, 2.45) is 0 Å². The fourth-order valence-corrected chi connectivity index (χ4v) is 12.4. The van der Waals surface area contributed by atoms with Crippen molar-refractivity contribution >= 4 is 89.5 Å². The highest BCUT2D eigenvalue weighted by Gasteiger charge is 2.22. The van der Waals surface area contributed by atoms with E-state index in [1.807, 2.05) is 0 Å². The average Bonchev–Trinajstić information content (AvgIpc) is 4.21. The summed E-state index contributed by atoms with van der Waals surface area (Å²) in [6.45, 7) is 0.